The molecule has 0 bridgehead atoms. The summed E-state index contributed by atoms with van der Waals surface area (Å²) in [5.74, 6) is -1.16. The van der Waals surface area contributed by atoms with Crippen LogP contribution in [0.3, 0.4) is 0 Å². The lowest BCUT2D eigenvalue weighted by molar-refractivity contribution is 0.0995. The van der Waals surface area contributed by atoms with Gasteiger partial charge in [-0.2, -0.15) is 0 Å². The topological polar surface area (TPSA) is 26.3 Å². The van der Waals surface area contributed by atoms with Gasteiger partial charge in [-0.25, -0.2) is 0 Å². The molecule has 2 nitrogen and oxygen atoms in total. The number of carbonyl (C=O) groups is 1. The third-order valence-corrected chi connectivity index (χ3v) is 3.82. The summed E-state index contributed by atoms with van der Waals surface area (Å²) in [5, 5.41) is 0. The lowest BCUT2D eigenvalue weighted by Gasteiger charge is -2.40. The molecule has 0 aliphatic heterocycles. The molecule has 0 aliphatic carbocycles. The maximum Gasteiger partial charge on any atom is 0.310 e. The Kier molecular flexibility index (Phi) is 3.95. The van der Waals surface area contributed by atoms with Crippen molar-refractivity contribution in [3.05, 3.63) is 23.8 Å². The van der Waals surface area contributed by atoms with Crippen LogP contribution in [0.1, 0.15) is 24.2 Å². The van der Waals surface area contributed by atoms with E-state index in [1.807, 2.05) is 0 Å². The first kappa shape index (κ1) is 17.2. The molecule has 0 saturated carbocycles. The molecule has 0 fully saturated rings. The summed E-state index contributed by atoms with van der Waals surface area (Å²) < 4.78 is 69.0. The second-order valence-electron chi connectivity index (χ2n) is 4.08. The highest BCUT2D eigenvalue weighted by molar-refractivity contribution is 9.10. The van der Waals surface area contributed by atoms with E-state index in [9.17, 15) is 24.2 Å². The number of rotatable bonds is 5. The Morgan fingerprint density at radius 1 is 1.25 bits per heavy atom. The molecule has 116 valence electrons. The van der Waals surface area contributed by atoms with Crippen LogP contribution in [0.25, 0.3) is 0 Å². The third-order valence-electron chi connectivity index (χ3n) is 2.28. The largest absolute Gasteiger partial charge is 0.494 e. The Labute approximate surface area is 121 Å². The smallest absolute Gasteiger partial charge is 0.310 e. The van der Waals surface area contributed by atoms with Crippen LogP contribution in [-0.2, 0) is 0 Å². The Balaban J connectivity index is 3.53. The number of halogens is 6. The maximum atomic E-state index is 12.8. The Morgan fingerprint density at radius 3 is 2.20 bits per heavy atom. The van der Waals surface area contributed by atoms with Crippen molar-refractivity contribution in [3.8, 4) is 5.75 Å². The molecule has 1 atom stereocenters. The normalized spacial score (nSPS) is 17.0. The number of hydrogen-bond acceptors (Lipinski definition) is 2. The van der Waals surface area contributed by atoms with Crippen LogP contribution in [0.2, 0.25) is 0 Å². The van der Waals surface area contributed by atoms with Crippen molar-refractivity contribution in [2.24, 2.45) is 0 Å². The molecule has 0 spiro atoms. The van der Waals surface area contributed by atoms with Gasteiger partial charge in [0.2, 0.25) is 0 Å². The van der Waals surface area contributed by atoms with Gasteiger partial charge in [0.25, 0.3) is 0 Å². The van der Waals surface area contributed by atoms with Gasteiger partial charge >= 0.3 is 10.2 Å². The van der Waals surface area contributed by atoms with Gasteiger partial charge in [-0.15, -0.1) is 0 Å². The molecular weight excluding hydrogens is 371 g/mol. The van der Waals surface area contributed by atoms with E-state index in [1.165, 1.54) is 13.8 Å². The standard InChI is InChI=1S/C11H12BrF5O2S/c1-3-19-9-4-8(11(18)7(2)12)5-10(6-9)20(13,14,15,16)17/h4-7H,3H2,1-2H3. The molecule has 0 amide bonds. The number of hydrogen-bond donors (Lipinski definition) is 0. The molecule has 9 heteroatoms. The van der Waals surface area contributed by atoms with Crippen LogP contribution in [-0.4, -0.2) is 17.2 Å². The fraction of sp³-hybridized carbons (Fsp3) is 0.364. The molecule has 0 heterocycles. The molecule has 1 aromatic rings. The van der Waals surface area contributed by atoms with E-state index < -0.39 is 37.0 Å². The molecule has 0 N–H and O–H groups in total. The second-order valence-corrected chi connectivity index (χ2v) is 7.86. The van der Waals surface area contributed by atoms with E-state index in [-0.39, 0.29) is 18.7 Å². The van der Waals surface area contributed by atoms with E-state index in [0.29, 0.717) is 0 Å². The highest BCUT2D eigenvalue weighted by atomic mass is 79.9. The Hall–Kier alpha value is -0.830. The first-order valence-corrected chi connectivity index (χ1v) is 8.31. The summed E-state index contributed by atoms with van der Waals surface area (Å²) in [5.41, 5.74) is -0.483. The minimum absolute atomic E-state index is 0.0126. The van der Waals surface area contributed by atoms with Crippen LogP contribution >= 0.6 is 26.2 Å². The molecular formula is C11H12BrF5O2S. The average molecular weight is 383 g/mol. The molecule has 0 aliphatic rings. The number of ketones is 1. The molecule has 0 saturated heterocycles. The van der Waals surface area contributed by atoms with Gasteiger partial charge in [0.05, 0.1) is 11.4 Å². The van der Waals surface area contributed by atoms with Gasteiger partial charge in [0.1, 0.15) is 10.6 Å². The summed E-state index contributed by atoms with van der Waals surface area (Å²) in [6, 6.07) is 1.38. The predicted octanol–water partition coefficient (Wildman–Crippen LogP) is 5.71. The minimum Gasteiger partial charge on any atom is -0.494 e. The number of alkyl halides is 1. The van der Waals surface area contributed by atoms with Crippen molar-refractivity contribution in [2.45, 2.75) is 23.6 Å². The maximum absolute atomic E-state index is 12.8. The van der Waals surface area contributed by atoms with Crippen molar-refractivity contribution in [2.75, 3.05) is 6.61 Å². The minimum atomic E-state index is -9.87. The average Bonchev–Trinajstić information content (AvgIpc) is 2.25. The van der Waals surface area contributed by atoms with Crippen LogP contribution in [0, 0.1) is 0 Å². The van der Waals surface area contributed by atoms with Crippen molar-refractivity contribution in [1.29, 1.82) is 0 Å². The van der Waals surface area contributed by atoms with Gasteiger partial charge in [0, 0.05) is 11.6 Å². The van der Waals surface area contributed by atoms with Gasteiger partial charge in [-0.05, 0) is 26.0 Å². The molecule has 1 aromatic carbocycles. The Morgan fingerprint density at radius 2 is 1.80 bits per heavy atom. The fourth-order valence-corrected chi connectivity index (χ4v) is 2.37. The first-order chi connectivity index (χ1) is 8.74. The number of carbonyl (C=O) groups excluding carboxylic acids is 1. The zero-order valence-corrected chi connectivity index (χ0v) is 12.9. The quantitative estimate of drug-likeness (QED) is 0.370. The van der Waals surface area contributed by atoms with Crippen molar-refractivity contribution >= 4 is 31.9 Å². The summed E-state index contributed by atoms with van der Waals surface area (Å²) in [6.07, 6.45) is 0. The van der Waals surface area contributed by atoms with Crippen molar-refractivity contribution in [3.63, 3.8) is 0 Å². The zero-order valence-electron chi connectivity index (χ0n) is 10.5. The first-order valence-electron chi connectivity index (χ1n) is 5.45. The molecule has 20 heavy (non-hydrogen) atoms. The predicted molar refractivity (Wildman–Crippen MR) is 71.7 cm³/mol. The lowest BCUT2D eigenvalue weighted by atomic mass is 10.1. The monoisotopic (exact) mass is 382 g/mol. The van der Waals surface area contributed by atoms with E-state index in [0.717, 1.165) is 6.07 Å². The van der Waals surface area contributed by atoms with Gasteiger partial charge < -0.3 is 4.74 Å². The SMILES string of the molecule is CCOc1cc(C(=O)C(C)Br)cc(S(F)(F)(F)(F)F)c1. The molecule has 0 radical (unpaired) electrons. The second kappa shape index (κ2) is 4.59. The number of Topliss-reactive ketones (excluding diaryl/α,β-unsaturated/α-hetero) is 1. The van der Waals surface area contributed by atoms with Crippen LogP contribution in [0.15, 0.2) is 23.1 Å². The molecule has 0 aromatic heterocycles. The summed E-state index contributed by atoms with van der Waals surface area (Å²) >= 11 is 2.89. The Bertz CT molecular complexity index is 541. The number of ether oxygens (including phenoxy) is 1. The molecule has 1 unspecified atom stereocenters. The number of benzene rings is 1. The van der Waals surface area contributed by atoms with E-state index in [2.05, 4.69) is 15.9 Å². The zero-order chi connectivity index (χ0) is 15.8. The van der Waals surface area contributed by atoms with E-state index in [1.54, 1.807) is 0 Å². The lowest BCUT2D eigenvalue weighted by Crippen LogP contribution is -2.13. The summed E-state index contributed by atoms with van der Waals surface area (Å²) in [6.45, 7) is 2.86. The summed E-state index contributed by atoms with van der Waals surface area (Å²) in [4.78, 5) is 8.76. The third kappa shape index (κ3) is 4.34. The highest BCUT2D eigenvalue weighted by Gasteiger charge is 2.65. The van der Waals surface area contributed by atoms with Crippen molar-refractivity contribution < 1.29 is 29.0 Å². The van der Waals surface area contributed by atoms with E-state index >= 15 is 0 Å². The van der Waals surface area contributed by atoms with Gasteiger partial charge in [-0.1, -0.05) is 35.4 Å². The van der Waals surface area contributed by atoms with Gasteiger partial charge in [0.15, 0.2) is 5.78 Å². The summed E-state index contributed by atoms with van der Waals surface area (Å²) in [7, 11) is -9.87. The highest BCUT2D eigenvalue weighted by Crippen LogP contribution is 3.02. The van der Waals surface area contributed by atoms with Crippen LogP contribution in [0.4, 0.5) is 19.4 Å². The van der Waals surface area contributed by atoms with E-state index in [4.69, 9.17) is 4.74 Å². The van der Waals surface area contributed by atoms with Crippen LogP contribution < -0.4 is 4.74 Å². The van der Waals surface area contributed by atoms with Gasteiger partial charge in [-0.3, -0.25) is 4.79 Å². The van der Waals surface area contributed by atoms with Crippen molar-refractivity contribution in [1.82, 2.24) is 0 Å². The van der Waals surface area contributed by atoms with Crippen LogP contribution in [0.5, 0.6) is 5.75 Å². The molecule has 1 rings (SSSR count). The fourth-order valence-electron chi connectivity index (χ4n) is 1.42.